The monoisotopic (exact) mass is 317 g/mol. The number of hydrogen-bond donors (Lipinski definition) is 1. The number of aromatic nitrogens is 2. The van der Waals surface area contributed by atoms with Crippen LogP contribution in [0, 0.1) is 0 Å². The molecule has 2 aromatic rings. The topological polar surface area (TPSA) is 64.1 Å². The third kappa shape index (κ3) is 3.69. The second-order valence-electron chi connectivity index (χ2n) is 3.87. The van der Waals surface area contributed by atoms with Crippen molar-refractivity contribution in [3.8, 4) is 0 Å². The molecule has 21 heavy (non-hydrogen) atoms. The molecular weight excluding hydrogens is 307 g/mol. The predicted octanol–water partition coefficient (Wildman–Crippen LogP) is 2.96. The van der Waals surface area contributed by atoms with Gasteiger partial charge in [0, 0.05) is 18.6 Å². The van der Waals surface area contributed by atoms with Crippen molar-refractivity contribution in [2.24, 2.45) is 0 Å². The number of esters is 1. The number of carbonyl (C=O) groups is 1. The van der Waals surface area contributed by atoms with E-state index in [2.05, 4.69) is 15.3 Å². The highest BCUT2D eigenvalue weighted by atomic mass is 32.1. The summed E-state index contributed by atoms with van der Waals surface area (Å²) in [6.45, 7) is -0.330. The molecule has 0 aliphatic carbocycles. The molecule has 0 unspecified atom stereocenters. The number of nitrogens with one attached hydrogen (secondary N) is 1. The zero-order valence-corrected chi connectivity index (χ0v) is 11.6. The van der Waals surface area contributed by atoms with Crippen LogP contribution >= 0.6 is 11.3 Å². The van der Waals surface area contributed by atoms with Crippen LogP contribution in [0.5, 0.6) is 0 Å². The number of hydrogen-bond acceptors (Lipinski definition) is 6. The van der Waals surface area contributed by atoms with Gasteiger partial charge in [-0.25, -0.2) is 14.8 Å². The molecule has 0 amide bonds. The van der Waals surface area contributed by atoms with Gasteiger partial charge in [0.2, 0.25) is 0 Å². The van der Waals surface area contributed by atoms with Gasteiger partial charge in [0.15, 0.2) is 5.01 Å². The molecule has 2 heterocycles. The molecule has 112 valence electrons. The highest BCUT2D eigenvalue weighted by Gasteiger charge is 2.34. The quantitative estimate of drug-likeness (QED) is 0.878. The molecular formula is C12H10F3N3O2S. The lowest BCUT2D eigenvalue weighted by Crippen LogP contribution is -2.10. The minimum absolute atomic E-state index is 0.0515. The van der Waals surface area contributed by atoms with Crippen LogP contribution < -0.4 is 5.32 Å². The normalized spacial score (nSPS) is 11.2. The Hall–Kier alpha value is -2.16. The largest absolute Gasteiger partial charge is 0.455 e. The lowest BCUT2D eigenvalue weighted by atomic mass is 10.2. The predicted molar refractivity (Wildman–Crippen MR) is 70.0 cm³/mol. The van der Waals surface area contributed by atoms with Crippen LogP contribution in [0.1, 0.15) is 21.1 Å². The molecule has 0 radical (unpaired) electrons. The highest BCUT2D eigenvalue weighted by Crippen LogP contribution is 2.31. The fourth-order valence-electron chi connectivity index (χ4n) is 1.49. The summed E-state index contributed by atoms with van der Waals surface area (Å²) in [6, 6.07) is 3.06. The van der Waals surface area contributed by atoms with E-state index in [1.807, 2.05) is 0 Å². The molecule has 0 spiro atoms. The van der Waals surface area contributed by atoms with Gasteiger partial charge in [-0.3, -0.25) is 0 Å². The lowest BCUT2D eigenvalue weighted by Gasteiger charge is -2.07. The maximum Gasteiger partial charge on any atom is 0.443 e. The lowest BCUT2D eigenvalue weighted by molar-refractivity contribution is -0.137. The van der Waals surface area contributed by atoms with Gasteiger partial charge in [-0.1, -0.05) is 0 Å². The van der Waals surface area contributed by atoms with E-state index in [-0.39, 0.29) is 17.9 Å². The van der Waals surface area contributed by atoms with Gasteiger partial charge in [-0.05, 0) is 12.1 Å². The summed E-state index contributed by atoms with van der Waals surface area (Å²) in [5, 5.41) is 2.96. The summed E-state index contributed by atoms with van der Waals surface area (Å²) in [6.07, 6.45) is -2.99. The van der Waals surface area contributed by atoms with Gasteiger partial charge in [0.05, 0.1) is 5.69 Å². The minimum Gasteiger partial charge on any atom is -0.455 e. The van der Waals surface area contributed by atoms with E-state index >= 15 is 0 Å². The number of ether oxygens (including phenoxy) is 1. The number of pyridine rings is 1. The van der Waals surface area contributed by atoms with Gasteiger partial charge >= 0.3 is 12.1 Å². The fourth-order valence-corrected chi connectivity index (χ4v) is 2.16. The average Bonchev–Trinajstić information content (AvgIpc) is 2.93. The van der Waals surface area contributed by atoms with Crippen molar-refractivity contribution in [1.29, 1.82) is 0 Å². The third-order valence-electron chi connectivity index (χ3n) is 2.41. The van der Waals surface area contributed by atoms with E-state index in [1.54, 1.807) is 13.1 Å². The standard InChI is InChI=1S/C12H10F3N3O2S/c1-16-9-8(3-2-4-17-9)10(19)20-5-7-6-21-11(18-7)12(13,14)15/h2-4,6H,5H2,1H3,(H,16,17). The van der Waals surface area contributed by atoms with Crippen LogP contribution in [0.3, 0.4) is 0 Å². The molecule has 0 atom stereocenters. The van der Waals surface area contributed by atoms with Crippen molar-refractivity contribution in [3.05, 3.63) is 40.0 Å². The molecule has 0 fully saturated rings. The maximum atomic E-state index is 12.4. The second kappa shape index (κ2) is 6.08. The molecule has 0 aliphatic heterocycles. The van der Waals surface area contributed by atoms with Crippen LogP contribution in [0.2, 0.25) is 0 Å². The first-order valence-electron chi connectivity index (χ1n) is 5.73. The SMILES string of the molecule is CNc1ncccc1C(=O)OCc1csc(C(F)(F)F)n1. The van der Waals surface area contributed by atoms with Crippen molar-refractivity contribution in [3.63, 3.8) is 0 Å². The molecule has 0 bridgehead atoms. The smallest absolute Gasteiger partial charge is 0.443 e. The van der Waals surface area contributed by atoms with Crippen molar-refractivity contribution < 1.29 is 22.7 Å². The summed E-state index contributed by atoms with van der Waals surface area (Å²) in [5.41, 5.74) is 0.252. The summed E-state index contributed by atoms with van der Waals surface area (Å²) in [7, 11) is 1.59. The molecule has 1 N–H and O–H groups in total. The first kappa shape index (κ1) is 15.2. The Morgan fingerprint density at radius 3 is 2.86 bits per heavy atom. The molecule has 2 aromatic heterocycles. The van der Waals surface area contributed by atoms with E-state index in [0.717, 1.165) is 0 Å². The molecule has 0 saturated heterocycles. The third-order valence-corrected chi connectivity index (χ3v) is 3.35. The first-order chi connectivity index (χ1) is 9.91. The zero-order valence-electron chi connectivity index (χ0n) is 10.8. The number of nitrogens with zero attached hydrogens (tertiary/aromatic N) is 2. The van der Waals surface area contributed by atoms with Crippen molar-refractivity contribution in [1.82, 2.24) is 9.97 Å². The Balaban J connectivity index is 2.03. The number of thiazole rings is 1. The number of alkyl halides is 3. The molecule has 0 aliphatic rings. The van der Waals surface area contributed by atoms with Crippen LogP contribution in [0.15, 0.2) is 23.7 Å². The number of rotatable bonds is 4. The highest BCUT2D eigenvalue weighted by molar-refractivity contribution is 7.09. The van der Waals surface area contributed by atoms with E-state index in [4.69, 9.17) is 4.74 Å². The minimum atomic E-state index is -4.49. The van der Waals surface area contributed by atoms with E-state index in [1.165, 1.54) is 17.6 Å². The summed E-state index contributed by atoms with van der Waals surface area (Å²) >= 11 is 0.460. The Bertz CT molecular complexity index is 643. The Morgan fingerprint density at radius 1 is 1.48 bits per heavy atom. The molecule has 0 aromatic carbocycles. The first-order valence-corrected chi connectivity index (χ1v) is 6.61. The van der Waals surface area contributed by atoms with E-state index in [0.29, 0.717) is 17.2 Å². The van der Waals surface area contributed by atoms with Gasteiger partial charge in [0.1, 0.15) is 18.0 Å². The Labute approximate surface area is 121 Å². The number of halogens is 3. The van der Waals surface area contributed by atoms with Gasteiger partial charge in [-0.2, -0.15) is 13.2 Å². The number of anilines is 1. The fraction of sp³-hybridized carbons (Fsp3) is 0.250. The summed E-state index contributed by atoms with van der Waals surface area (Å²) in [4.78, 5) is 19.2. The van der Waals surface area contributed by atoms with Crippen LogP contribution in [0.25, 0.3) is 0 Å². The zero-order chi connectivity index (χ0) is 15.5. The summed E-state index contributed by atoms with van der Waals surface area (Å²) < 4.78 is 42.1. The molecule has 0 saturated carbocycles. The van der Waals surface area contributed by atoms with Gasteiger partial charge in [-0.15, -0.1) is 11.3 Å². The van der Waals surface area contributed by atoms with Crippen LogP contribution in [0.4, 0.5) is 19.0 Å². The molecule has 2 rings (SSSR count). The van der Waals surface area contributed by atoms with Crippen molar-refractivity contribution >= 4 is 23.1 Å². The van der Waals surface area contributed by atoms with Crippen molar-refractivity contribution in [2.75, 3.05) is 12.4 Å². The second-order valence-corrected chi connectivity index (χ2v) is 4.73. The molecule has 9 heteroatoms. The number of carbonyl (C=O) groups excluding carboxylic acids is 1. The van der Waals surface area contributed by atoms with Crippen LogP contribution in [-0.4, -0.2) is 23.0 Å². The summed E-state index contributed by atoms with van der Waals surface area (Å²) in [5.74, 6) is -0.356. The maximum absolute atomic E-state index is 12.4. The van der Waals surface area contributed by atoms with E-state index < -0.39 is 17.2 Å². The van der Waals surface area contributed by atoms with E-state index in [9.17, 15) is 18.0 Å². The van der Waals surface area contributed by atoms with Gasteiger partial charge in [0.25, 0.3) is 0 Å². The average molecular weight is 317 g/mol. The Kier molecular flexibility index (Phi) is 4.41. The van der Waals surface area contributed by atoms with Gasteiger partial charge < -0.3 is 10.1 Å². The van der Waals surface area contributed by atoms with Crippen LogP contribution in [-0.2, 0) is 17.5 Å². The Morgan fingerprint density at radius 2 is 2.24 bits per heavy atom. The van der Waals surface area contributed by atoms with Crippen molar-refractivity contribution in [2.45, 2.75) is 12.8 Å². The molecule has 5 nitrogen and oxygen atoms in total.